The monoisotopic (exact) mass is 424 g/mol. The fraction of sp³-hybridized carbons (Fsp3) is 0.174. The lowest BCUT2D eigenvalue weighted by molar-refractivity contribution is -0.0258. The Morgan fingerprint density at radius 3 is 2.23 bits per heavy atom. The van der Waals surface area contributed by atoms with Gasteiger partial charge < -0.3 is 5.32 Å². The SMILES string of the molecule is CON(C)S(=O)(=O)c1ccc(C(=O)NCc2cccc(-c3cccc(C)c3)c2)cc1. The van der Waals surface area contributed by atoms with Gasteiger partial charge in [-0.2, -0.15) is 0 Å². The topological polar surface area (TPSA) is 75.7 Å². The van der Waals surface area contributed by atoms with E-state index in [1.807, 2.05) is 30.3 Å². The van der Waals surface area contributed by atoms with Crippen molar-refractivity contribution in [3.8, 4) is 11.1 Å². The first kappa shape index (κ1) is 21.7. The van der Waals surface area contributed by atoms with Gasteiger partial charge in [0.05, 0.1) is 12.0 Å². The van der Waals surface area contributed by atoms with Gasteiger partial charge in [0.25, 0.3) is 15.9 Å². The number of hydroxylamine groups is 1. The molecular formula is C23H24N2O4S. The van der Waals surface area contributed by atoms with Crippen LogP contribution in [-0.4, -0.2) is 33.0 Å². The lowest BCUT2D eigenvalue weighted by Gasteiger charge is -2.14. The Bertz CT molecular complexity index is 1140. The standard InChI is InChI=1S/C23H24N2O4S/c1-17-6-4-8-20(14-17)21-9-5-7-18(15-21)16-24-23(26)19-10-12-22(13-11-19)30(27,28)25(2)29-3/h4-15H,16H2,1-3H3,(H,24,26). The van der Waals surface area contributed by atoms with Crippen LogP contribution in [0.5, 0.6) is 0 Å². The summed E-state index contributed by atoms with van der Waals surface area (Å²) >= 11 is 0. The molecule has 0 spiro atoms. The quantitative estimate of drug-likeness (QED) is 0.586. The number of hydrogen-bond donors (Lipinski definition) is 1. The molecule has 0 atom stereocenters. The zero-order valence-electron chi connectivity index (χ0n) is 17.1. The van der Waals surface area contributed by atoms with E-state index < -0.39 is 10.0 Å². The highest BCUT2D eigenvalue weighted by Gasteiger charge is 2.20. The zero-order chi connectivity index (χ0) is 21.7. The molecule has 0 heterocycles. The lowest BCUT2D eigenvalue weighted by atomic mass is 10.0. The van der Waals surface area contributed by atoms with Crippen LogP contribution in [0.15, 0.2) is 77.7 Å². The summed E-state index contributed by atoms with van der Waals surface area (Å²) in [4.78, 5) is 17.3. The number of amides is 1. The van der Waals surface area contributed by atoms with E-state index in [1.54, 1.807) is 0 Å². The van der Waals surface area contributed by atoms with E-state index in [0.29, 0.717) is 12.1 Å². The summed E-state index contributed by atoms with van der Waals surface area (Å²) in [5.41, 5.74) is 4.75. The number of sulfonamides is 1. The van der Waals surface area contributed by atoms with Crippen molar-refractivity contribution in [2.24, 2.45) is 0 Å². The van der Waals surface area contributed by atoms with Crippen LogP contribution < -0.4 is 5.32 Å². The summed E-state index contributed by atoms with van der Waals surface area (Å²) in [5.74, 6) is -0.278. The number of nitrogens with zero attached hydrogens (tertiary/aromatic N) is 1. The third kappa shape index (κ3) is 4.94. The molecule has 0 saturated heterocycles. The van der Waals surface area contributed by atoms with E-state index in [9.17, 15) is 13.2 Å². The summed E-state index contributed by atoms with van der Waals surface area (Å²) < 4.78 is 25.2. The number of carbonyl (C=O) groups excluding carboxylic acids is 1. The van der Waals surface area contributed by atoms with E-state index in [-0.39, 0.29) is 10.8 Å². The van der Waals surface area contributed by atoms with Crippen LogP contribution in [0.4, 0.5) is 0 Å². The average Bonchev–Trinajstić information content (AvgIpc) is 2.77. The predicted molar refractivity (Wildman–Crippen MR) is 116 cm³/mol. The summed E-state index contributed by atoms with van der Waals surface area (Å²) in [6, 6.07) is 22.0. The van der Waals surface area contributed by atoms with Crippen molar-refractivity contribution in [1.82, 2.24) is 9.79 Å². The van der Waals surface area contributed by atoms with Gasteiger partial charge in [-0.25, -0.2) is 8.42 Å². The Kier molecular flexibility index (Phi) is 6.66. The second-order valence-electron chi connectivity index (χ2n) is 6.87. The maximum absolute atomic E-state index is 12.5. The normalized spacial score (nSPS) is 11.5. The Balaban J connectivity index is 1.68. The minimum Gasteiger partial charge on any atom is -0.348 e. The van der Waals surface area contributed by atoms with Crippen molar-refractivity contribution in [3.05, 3.63) is 89.5 Å². The van der Waals surface area contributed by atoms with Gasteiger partial charge in [-0.15, -0.1) is 0 Å². The minimum absolute atomic E-state index is 0.0502. The van der Waals surface area contributed by atoms with Crippen molar-refractivity contribution in [3.63, 3.8) is 0 Å². The number of rotatable bonds is 7. The molecule has 30 heavy (non-hydrogen) atoms. The van der Waals surface area contributed by atoms with Gasteiger partial charge in [0, 0.05) is 19.2 Å². The number of hydrogen-bond acceptors (Lipinski definition) is 4. The van der Waals surface area contributed by atoms with Crippen LogP contribution in [0.25, 0.3) is 11.1 Å². The van der Waals surface area contributed by atoms with Crippen molar-refractivity contribution in [1.29, 1.82) is 0 Å². The van der Waals surface area contributed by atoms with Crippen LogP contribution in [-0.2, 0) is 21.4 Å². The summed E-state index contributed by atoms with van der Waals surface area (Å²) in [7, 11) is -1.16. The molecular weight excluding hydrogens is 400 g/mol. The first-order valence-electron chi connectivity index (χ1n) is 9.38. The van der Waals surface area contributed by atoms with E-state index in [1.165, 1.54) is 44.0 Å². The molecule has 0 radical (unpaired) electrons. The van der Waals surface area contributed by atoms with Gasteiger partial charge in [0.1, 0.15) is 0 Å². The van der Waals surface area contributed by atoms with E-state index in [2.05, 4.69) is 30.4 Å². The molecule has 0 aliphatic rings. The van der Waals surface area contributed by atoms with Crippen molar-refractivity contribution >= 4 is 15.9 Å². The molecule has 3 aromatic carbocycles. The van der Waals surface area contributed by atoms with Crippen LogP contribution in [0.1, 0.15) is 21.5 Å². The minimum atomic E-state index is -3.74. The van der Waals surface area contributed by atoms with Crippen LogP contribution >= 0.6 is 0 Å². The smallest absolute Gasteiger partial charge is 0.264 e. The van der Waals surface area contributed by atoms with Crippen molar-refractivity contribution < 1.29 is 18.0 Å². The van der Waals surface area contributed by atoms with Crippen LogP contribution in [0, 0.1) is 6.92 Å². The molecule has 0 aliphatic heterocycles. The molecule has 0 fully saturated rings. The first-order chi connectivity index (χ1) is 14.3. The molecule has 1 N–H and O–H groups in total. The molecule has 0 aromatic heterocycles. The molecule has 156 valence electrons. The Morgan fingerprint density at radius 1 is 0.967 bits per heavy atom. The van der Waals surface area contributed by atoms with E-state index in [0.717, 1.165) is 21.2 Å². The molecule has 0 unspecified atom stereocenters. The second-order valence-corrected chi connectivity index (χ2v) is 8.81. The highest BCUT2D eigenvalue weighted by Crippen LogP contribution is 2.21. The van der Waals surface area contributed by atoms with E-state index >= 15 is 0 Å². The van der Waals surface area contributed by atoms with E-state index in [4.69, 9.17) is 4.84 Å². The maximum Gasteiger partial charge on any atom is 0.264 e. The van der Waals surface area contributed by atoms with Gasteiger partial charge in [-0.3, -0.25) is 9.63 Å². The van der Waals surface area contributed by atoms with Gasteiger partial charge >= 0.3 is 0 Å². The summed E-state index contributed by atoms with van der Waals surface area (Å²) in [5, 5.41) is 2.87. The number of carbonyl (C=O) groups is 1. The predicted octanol–water partition coefficient (Wildman–Crippen LogP) is 3.77. The Hall–Kier alpha value is -3.00. The molecule has 6 nitrogen and oxygen atoms in total. The third-order valence-electron chi connectivity index (χ3n) is 4.74. The maximum atomic E-state index is 12.5. The molecule has 1 amide bonds. The summed E-state index contributed by atoms with van der Waals surface area (Å²) in [6.07, 6.45) is 0. The molecule has 7 heteroatoms. The number of nitrogens with one attached hydrogen (secondary N) is 1. The van der Waals surface area contributed by atoms with Crippen LogP contribution in [0.3, 0.4) is 0 Å². The molecule has 0 bridgehead atoms. The third-order valence-corrected chi connectivity index (χ3v) is 6.44. The highest BCUT2D eigenvalue weighted by molar-refractivity contribution is 7.89. The molecule has 3 aromatic rings. The van der Waals surface area contributed by atoms with Crippen LogP contribution in [0.2, 0.25) is 0 Å². The number of benzene rings is 3. The van der Waals surface area contributed by atoms with Crippen molar-refractivity contribution in [2.45, 2.75) is 18.4 Å². The average molecular weight is 425 g/mol. The fourth-order valence-corrected chi connectivity index (χ4v) is 3.97. The Morgan fingerprint density at radius 2 is 1.60 bits per heavy atom. The molecule has 0 aliphatic carbocycles. The molecule has 0 saturated carbocycles. The van der Waals surface area contributed by atoms with Gasteiger partial charge in [0.15, 0.2) is 0 Å². The lowest BCUT2D eigenvalue weighted by Crippen LogP contribution is -2.26. The fourth-order valence-electron chi connectivity index (χ4n) is 2.99. The zero-order valence-corrected chi connectivity index (χ0v) is 17.9. The summed E-state index contributed by atoms with van der Waals surface area (Å²) in [6.45, 7) is 2.42. The van der Waals surface area contributed by atoms with Gasteiger partial charge in [-0.1, -0.05) is 52.5 Å². The highest BCUT2D eigenvalue weighted by atomic mass is 32.2. The van der Waals surface area contributed by atoms with Gasteiger partial charge in [0.2, 0.25) is 0 Å². The second kappa shape index (κ2) is 9.21. The number of aryl methyl sites for hydroxylation is 1. The van der Waals surface area contributed by atoms with Crippen molar-refractivity contribution in [2.75, 3.05) is 14.2 Å². The Labute approximate surface area is 177 Å². The van der Waals surface area contributed by atoms with Gasteiger partial charge in [-0.05, 0) is 53.9 Å². The molecule has 3 rings (SSSR count). The first-order valence-corrected chi connectivity index (χ1v) is 10.8. The largest absolute Gasteiger partial charge is 0.348 e.